The van der Waals surface area contributed by atoms with E-state index in [0.29, 0.717) is 6.04 Å². The molecule has 4 heteroatoms. The molecule has 3 nitrogen and oxygen atoms in total. The van der Waals surface area contributed by atoms with Gasteiger partial charge in [0.1, 0.15) is 0 Å². The summed E-state index contributed by atoms with van der Waals surface area (Å²) in [5, 5.41) is 0.730. The molecular weight excluding hydrogens is 270 g/mol. The molecule has 0 aliphatic carbocycles. The SMILES string of the molecule is CC(C)N1CCC(Cc2cn3cccc(Cl)c3n2)CC1. The van der Waals surface area contributed by atoms with Crippen molar-refractivity contribution in [3.8, 4) is 0 Å². The van der Waals surface area contributed by atoms with Gasteiger partial charge in [0, 0.05) is 18.4 Å². The predicted molar refractivity (Wildman–Crippen MR) is 83.3 cm³/mol. The van der Waals surface area contributed by atoms with Crippen molar-refractivity contribution in [1.29, 1.82) is 0 Å². The van der Waals surface area contributed by atoms with Crippen LogP contribution in [-0.2, 0) is 6.42 Å². The maximum atomic E-state index is 6.18. The van der Waals surface area contributed by atoms with Gasteiger partial charge in [-0.3, -0.25) is 0 Å². The maximum Gasteiger partial charge on any atom is 0.155 e. The highest BCUT2D eigenvalue weighted by Crippen LogP contribution is 2.24. The van der Waals surface area contributed by atoms with E-state index in [1.807, 2.05) is 22.7 Å². The van der Waals surface area contributed by atoms with E-state index in [9.17, 15) is 0 Å². The van der Waals surface area contributed by atoms with Gasteiger partial charge in [-0.1, -0.05) is 11.6 Å². The van der Waals surface area contributed by atoms with E-state index in [0.717, 1.165) is 23.0 Å². The Balaban J connectivity index is 1.67. The Bertz CT molecular complexity index is 582. The minimum absolute atomic E-state index is 0.671. The molecule has 1 aliphatic rings. The molecule has 0 radical (unpaired) electrons. The van der Waals surface area contributed by atoms with Crippen LogP contribution in [0.2, 0.25) is 5.02 Å². The van der Waals surface area contributed by atoms with Gasteiger partial charge >= 0.3 is 0 Å². The zero-order valence-corrected chi connectivity index (χ0v) is 13.0. The van der Waals surface area contributed by atoms with Crippen molar-refractivity contribution in [2.24, 2.45) is 5.92 Å². The molecule has 0 aromatic carbocycles. The standard InChI is InChI=1S/C16H22ClN3/c1-12(2)19-8-5-13(6-9-19)10-14-11-20-7-3-4-15(17)16(20)18-14/h3-4,7,11-13H,5-6,8-10H2,1-2H3. The quantitative estimate of drug-likeness (QED) is 0.860. The van der Waals surface area contributed by atoms with Gasteiger partial charge < -0.3 is 9.30 Å². The summed E-state index contributed by atoms with van der Waals surface area (Å²) in [6.45, 7) is 7.00. The number of piperidine rings is 1. The number of likely N-dealkylation sites (tertiary alicyclic amines) is 1. The summed E-state index contributed by atoms with van der Waals surface area (Å²) in [6, 6.07) is 4.53. The van der Waals surface area contributed by atoms with Crippen LogP contribution in [0.5, 0.6) is 0 Å². The third-order valence-corrected chi connectivity index (χ3v) is 4.66. The first-order valence-corrected chi connectivity index (χ1v) is 7.87. The third kappa shape index (κ3) is 2.84. The van der Waals surface area contributed by atoms with Crippen molar-refractivity contribution in [3.63, 3.8) is 0 Å². The number of hydrogen-bond acceptors (Lipinski definition) is 2. The molecule has 3 rings (SSSR count). The van der Waals surface area contributed by atoms with Crippen molar-refractivity contribution in [3.05, 3.63) is 35.2 Å². The summed E-state index contributed by atoms with van der Waals surface area (Å²) in [6.07, 6.45) is 7.76. The predicted octanol–water partition coefficient (Wildman–Crippen LogP) is 3.65. The van der Waals surface area contributed by atoms with Crippen molar-refractivity contribution < 1.29 is 0 Å². The van der Waals surface area contributed by atoms with Crippen LogP contribution in [0.15, 0.2) is 24.5 Å². The van der Waals surface area contributed by atoms with E-state index in [2.05, 4.69) is 29.9 Å². The zero-order valence-electron chi connectivity index (χ0n) is 12.2. The summed E-state index contributed by atoms with van der Waals surface area (Å²) < 4.78 is 2.03. The summed E-state index contributed by atoms with van der Waals surface area (Å²) in [5.41, 5.74) is 2.05. The molecule has 2 aromatic heterocycles. The lowest BCUT2D eigenvalue weighted by Gasteiger charge is -2.34. The van der Waals surface area contributed by atoms with Crippen molar-refractivity contribution in [2.45, 2.75) is 39.2 Å². The second-order valence-electron chi connectivity index (χ2n) is 6.10. The fraction of sp³-hybridized carbons (Fsp3) is 0.562. The molecule has 0 N–H and O–H groups in total. The van der Waals surface area contributed by atoms with Crippen LogP contribution in [-0.4, -0.2) is 33.4 Å². The van der Waals surface area contributed by atoms with E-state index >= 15 is 0 Å². The molecule has 0 unspecified atom stereocenters. The number of nitrogens with zero attached hydrogens (tertiary/aromatic N) is 3. The fourth-order valence-electron chi connectivity index (χ4n) is 3.10. The van der Waals surface area contributed by atoms with Gasteiger partial charge in [0.15, 0.2) is 5.65 Å². The van der Waals surface area contributed by atoms with Gasteiger partial charge in [0.2, 0.25) is 0 Å². The highest BCUT2D eigenvalue weighted by molar-refractivity contribution is 6.33. The average Bonchev–Trinajstić information content (AvgIpc) is 2.83. The summed E-state index contributed by atoms with van der Waals surface area (Å²) in [4.78, 5) is 7.24. The minimum atomic E-state index is 0.671. The molecule has 0 saturated carbocycles. The van der Waals surface area contributed by atoms with Crippen LogP contribution in [0.4, 0.5) is 0 Å². The molecule has 1 fully saturated rings. The maximum absolute atomic E-state index is 6.18. The Morgan fingerprint density at radius 2 is 2.10 bits per heavy atom. The molecule has 0 spiro atoms. The second kappa shape index (κ2) is 5.74. The highest BCUT2D eigenvalue weighted by atomic mass is 35.5. The van der Waals surface area contributed by atoms with Crippen LogP contribution in [0.25, 0.3) is 5.65 Å². The number of fused-ring (bicyclic) bond motifs is 1. The fourth-order valence-corrected chi connectivity index (χ4v) is 3.31. The monoisotopic (exact) mass is 291 g/mol. The normalized spacial score (nSPS) is 18.2. The average molecular weight is 292 g/mol. The summed E-state index contributed by atoms with van der Waals surface area (Å²) in [5.74, 6) is 0.758. The van der Waals surface area contributed by atoms with Gasteiger partial charge in [0.25, 0.3) is 0 Å². The molecule has 20 heavy (non-hydrogen) atoms. The number of rotatable bonds is 3. The van der Waals surface area contributed by atoms with Crippen molar-refractivity contribution in [1.82, 2.24) is 14.3 Å². The Labute approximate surface area is 125 Å². The number of aromatic nitrogens is 2. The van der Waals surface area contributed by atoms with Crippen LogP contribution >= 0.6 is 11.6 Å². The molecule has 0 amide bonds. The van der Waals surface area contributed by atoms with E-state index in [4.69, 9.17) is 11.6 Å². The lowest BCUT2D eigenvalue weighted by molar-refractivity contribution is 0.149. The summed E-state index contributed by atoms with van der Waals surface area (Å²) in [7, 11) is 0. The molecule has 3 heterocycles. The van der Waals surface area contributed by atoms with Crippen LogP contribution < -0.4 is 0 Å². The van der Waals surface area contributed by atoms with Crippen molar-refractivity contribution >= 4 is 17.2 Å². The zero-order chi connectivity index (χ0) is 14.1. The van der Waals surface area contributed by atoms with Gasteiger partial charge in [-0.05, 0) is 64.3 Å². The number of pyridine rings is 1. The third-order valence-electron chi connectivity index (χ3n) is 4.36. The summed E-state index contributed by atoms with van der Waals surface area (Å²) >= 11 is 6.18. The Kier molecular flexibility index (Phi) is 3.99. The first-order chi connectivity index (χ1) is 9.63. The number of hydrogen-bond donors (Lipinski definition) is 0. The second-order valence-corrected chi connectivity index (χ2v) is 6.50. The number of halogens is 1. The van der Waals surface area contributed by atoms with Crippen molar-refractivity contribution in [2.75, 3.05) is 13.1 Å². The van der Waals surface area contributed by atoms with Gasteiger partial charge in [-0.15, -0.1) is 0 Å². The molecule has 1 saturated heterocycles. The molecule has 108 valence electrons. The largest absolute Gasteiger partial charge is 0.306 e. The smallest absolute Gasteiger partial charge is 0.155 e. The van der Waals surface area contributed by atoms with E-state index < -0.39 is 0 Å². The topological polar surface area (TPSA) is 20.5 Å². The lowest BCUT2D eigenvalue weighted by atomic mass is 9.92. The first kappa shape index (κ1) is 13.9. The Morgan fingerprint density at radius 1 is 1.35 bits per heavy atom. The Hall–Kier alpha value is -1.06. The molecule has 1 aliphatic heterocycles. The number of imidazole rings is 1. The van der Waals surface area contributed by atoms with Crippen LogP contribution in [0.3, 0.4) is 0 Å². The van der Waals surface area contributed by atoms with Gasteiger partial charge in [-0.25, -0.2) is 4.98 Å². The molecule has 0 bridgehead atoms. The van der Waals surface area contributed by atoms with E-state index in [1.165, 1.54) is 31.6 Å². The Morgan fingerprint density at radius 3 is 2.75 bits per heavy atom. The van der Waals surface area contributed by atoms with Crippen LogP contribution in [0.1, 0.15) is 32.4 Å². The van der Waals surface area contributed by atoms with Gasteiger partial charge in [-0.2, -0.15) is 0 Å². The van der Waals surface area contributed by atoms with E-state index in [-0.39, 0.29) is 0 Å². The lowest BCUT2D eigenvalue weighted by Crippen LogP contribution is -2.38. The highest BCUT2D eigenvalue weighted by Gasteiger charge is 2.21. The minimum Gasteiger partial charge on any atom is -0.306 e. The molecular formula is C16H22ClN3. The molecule has 0 atom stereocenters. The van der Waals surface area contributed by atoms with Gasteiger partial charge in [0.05, 0.1) is 10.7 Å². The molecule has 2 aromatic rings. The first-order valence-electron chi connectivity index (χ1n) is 7.49. The van der Waals surface area contributed by atoms with Crippen LogP contribution in [0, 0.1) is 5.92 Å². The van der Waals surface area contributed by atoms with E-state index in [1.54, 1.807) is 0 Å².